The van der Waals surface area contributed by atoms with E-state index in [2.05, 4.69) is 22.9 Å². The smallest absolute Gasteiger partial charge is 0.147 e. The molecule has 0 saturated carbocycles. The standard InChI is InChI=1S/C16H24N4/c1-4-13-5-6-20(14(8-13)9-17)16-15(10-18)11(2)7-12(3)19-16/h7,13-14H,4-6,8-9,17H2,1-3H3. The van der Waals surface area contributed by atoms with Crippen LogP contribution in [0.2, 0.25) is 0 Å². The van der Waals surface area contributed by atoms with Gasteiger partial charge in [0.25, 0.3) is 0 Å². The second kappa shape index (κ2) is 6.23. The van der Waals surface area contributed by atoms with Gasteiger partial charge in [0.2, 0.25) is 0 Å². The summed E-state index contributed by atoms with van der Waals surface area (Å²) in [6.45, 7) is 7.77. The highest BCUT2D eigenvalue weighted by atomic mass is 15.2. The lowest BCUT2D eigenvalue weighted by molar-refractivity contribution is 0.334. The molecule has 1 aliphatic heterocycles. The average Bonchev–Trinajstić information content (AvgIpc) is 2.45. The maximum absolute atomic E-state index is 9.43. The van der Waals surface area contributed by atoms with Gasteiger partial charge in [0.05, 0.1) is 5.56 Å². The van der Waals surface area contributed by atoms with Gasteiger partial charge in [-0.2, -0.15) is 5.26 Å². The first-order chi connectivity index (χ1) is 9.60. The van der Waals surface area contributed by atoms with Crippen molar-refractivity contribution in [2.24, 2.45) is 11.7 Å². The number of nitriles is 1. The van der Waals surface area contributed by atoms with Crippen molar-refractivity contribution >= 4 is 5.82 Å². The molecule has 108 valence electrons. The quantitative estimate of drug-likeness (QED) is 0.918. The van der Waals surface area contributed by atoms with Crippen LogP contribution in [0.25, 0.3) is 0 Å². The van der Waals surface area contributed by atoms with Gasteiger partial charge in [-0.3, -0.25) is 0 Å². The number of rotatable bonds is 3. The zero-order chi connectivity index (χ0) is 14.7. The van der Waals surface area contributed by atoms with Crippen molar-refractivity contribution in [1.82, 2.24) is 4.98 Å². The summed E-state index contributed by atoms with van der Waals surface area (Å²) in [6.07, 6.45) is 3.47. The minimum atomic E-state index is 0.300. The number of pyridine rings is 1. The lowest BCUT2D eigenvalue weighted by Crippen LogP contribution is -2.47. The van der Waals surface area contributed by atoms with Gasteiger partial charge in [-0.15, -0.1) is 0 Å². The Balaban J connectivity index is 2.38. The number of piperidine rings is 1. The minimum Gasteiger partial charge on any atom is -0.351 e. The molecule has 4 nitrogen and oxygen atoms in total. The van der Waals surface area contributed by atoms with Crippen LogP contribution >= 0.6 is 0 Å². The molecule has 1 aromatic rings. The van der Waals surface area contributed by atoms with Gasteiger partial charge in [-0.05, 0) is 44.2 Å². The van der Waals surface area contributed by atoms with Crippen molar-refractivity contribution in [2.45, 2.75) is 46.1 Å². The molecule has 1 saturated heterocycles. The van der Waals surface area contributed by atoms with Gasteiger partial charge in [0.15, 0.2) is 0 Å². The largest absolute Gasteiger partial charge is 0.351 e. The highest BCUT2D eigenvalue weighted by molar-refractivity contribution is 5.59. The molecule has 0 aliphatic carbocycles. The molecule has 2 N–H and O–H groups in total. The van der Waals surface area contributed by atoms with Gasteiger partial charge in [0.1, 0.15) is 11.9 Å². The van der Waals surface area contributed by atoms with Gasteiger partial charge in [-0.1, -0.05) is 13.3 Å². The highest BCUT2D eigenvalue weighted by Gasteiger charge is 2.29. The molecule has 0 amide bonds. The summed E-state index contributed by atoms with van der Waals surface area (Å²) in [5, 5.41) is 9.43. The molecule has 0 bridgehead atoms. The van der Waals surface area contributed by atoms with Gasteiger partial charge >= 0.3 is 0 Å². The van der Waals surface area contributed by atoms with E-state index in [1.54, 1.807) is 0 Å². The second-order valence-corrected chi connectivity index (χ2v) is 5.77. The zero-order valence-corrected chi connectivity index (χ0v) is 12.7. The van der Waals surface area contributed by atoms with Crippen LogP contribution in [0.1, 0.15) is 43.0 Å². The molecule has 0 radical (unpaired) electrons. The summed E-state index contributed by atoms with van der Waals surface area (Å²) in [5.74, 6) is 1.58. The number of nitrogens with zero attached hydrogens (tertiary/aromatic N) is 3. The number of anilines is 1. The van der Waals surface area contributed by atoms with Crippen molar-refractivity contribution in [3.8, 4) is 6.07 Å². The normalized spacial score (nSPS) is 22.6. The highest BCUT2D eigenvalue weighted by Crippen LogP contribution is 2.31. The predicted octanol–water partition coefficient (Wildman–Crippen LogP) is 2.52. The van der Waals surface area contributed by atoms with Crippen LogP contribution in [0.5, 0.6) is 0 Å². The Morgan fingerprint density at radius 3 is 2.85 bits per heavy atom. The first kappa shape index (κ1) is 14.8. The molecule has 2 rings (SSSR count). The third-order valence-corrected chi connectivity index (χ3v) is 4.38. The summed E-state index contributed by atoms with van der Waals surface area (Å²) in [6, 6.07) is 4.58. The van der Waals surface area contributed by atoms with Crippen molar-refractivity contribution in [1.29, 1.82) is 5.26 Å². The van der Waals surface area contributed by atoms with E-state index in [4.69, 9.17) is 5.73 Å². The van der Waals surface area contributed by atoms with E-state index in [-0.39, 0.29) is 0 Å². The van der Waals surface area contributed by atoms with Crippen LogP contribution in [0, 0.1) is 31.1 Å². The Labute approximate surface area is 121 Å². The summed E-state index contributed by atoms with van der Waals surface area (Å²) in [4.78, 5) is 6.88. The van der Waals surface area contributed by atoms with E-state index in [9.17, 15) is 5.26 Å². The van der Waals surface area contributed by atoms with Crippen molar-refractivity contribution in [3.05, 3.63) is 22.9 Å². The Kier molecular flexibility index (Phi) is 4.61. The summed E-state index contributed by atoms with van der Waals surface area (Å²) in [7, 11) is 0. The van der Waals surface area contributed by atoms with Crippen LogP contribution in [0.4, 0.5) is 5.82 Å². The van der Waals surface area contributed by atoms with Gasteiger partial charge in [0, 0.05) is 24.8 Å². The van der Waals surface area contributed by atoms with E-state index in [0.29, 0.717) is 18.2 Å². The number of aromatic nitrogens is 1. The third kappa shape index (κ3) is 2.78. The number of hydrogen-bond donors (Lipinski definition) is 1. The third-order valence-electron chi connectivity index (χ3n) is 4.38. The summed E-state index contributed by atoms with van der Waals surface area (Å²) in [5.41, 5.74) is 8.63. The minimum absolute atomic E-state index is 0.300. The lowest BCUT2D eigenvalue weighted by atomic mass is 9.88. The maximum atomic E-state index is 9.43. The first-order valence-corrected chi connectivity index (χ1v) is 7.45. The number of hydrogen-bond acceptors (Lipinski definition) is 4. The van der Waals surface area contributed by atoms with Crippen LogP contribution in [-0.2, 0) is 0 Å². The van der Waals surface area contributed by atoms with E-state index in [1.807, 2.05) is 19.9 Å². The van der Waals surface area contributed by atoms with Gasteiger partial charge in [-0.25, -0.2) is 4.98 Å². The van der Waals surface area contributed by atoms with E-state index < -0.39 is 0 Å². The molecule has 4 heteroatoms. The van der Waals surface area contributed by atoms with E-state index >= 15 is 0 Å². The van der Waals surface area contributed by atoms with Crippen LogP contribution in [-0.4, -0.2) is 24.1 Å². The fourth-order valence-corrected chi connectivity index (χ4v) is 3.17. The van der Waals surface area contributed by atoms with Crippen molar-refractivity contribution in [3.63, 3.8) is 0 Å². The Morgan fingerprint density at radius 1 is 1.50 bits per heavy atom. The molecular formula is C16H24N4. The molecular weight excluding hydrogens is 248 g/mol. The molecule has 1 aliphatic rings. The SMILES string of the molecule is CCC1CCN(c2nc(C)cc(C)c2C#N)C(CN)C1. The number of aryl methyl sites for hydroxylation is 2. The molecule has 0 spiro atoms. The maximum Gasteiger partial charge on any atom is 0.147 e. The number of nitrogens with two attached hydrogens (primary N) is 1. The topological polar surface area (TPSA) is 65.9 Å². The molecule has 1 fully saturated rings. The molecule has 2 heterocycles. The fraction of sp³-hybridized carbons (Fsp3) is 0.625. The van der Waals surface area contributed by atoms with E-state index in [0.717, 1.165) is 42.4 Å². The average molecular weight is 272 g/mol. The fourth-order valence-electron chi connectivity index (χ4n) is 3.17. The van der Waals surface area contributed by atoms with E-state index in [1.165, 1.54) is 6.42 Å². The van der Waals surface area contributed by atoms with Crippen molar-refractivity contribution in [2.75, 3.05) is 18.0 Å². The second-order valence-electron chi connectivity index (χ2n) is 5.77. The van der Waals surface area contributed by atoms with Crippen LogP contribution < -0.4 is 10.6 Å². The van der Waals surface area contributed by atoms with Crippen LogP contribution in [0.3, 0.4) is 0 Å². The summed E-state index contributed by atoms with van der Waals surface area (Å²) < 4.78 is 0. The zero-order valence-electron chi connectivity index (χ0n) is 12.7. The monoisotopic (exact) mass is 272 g/mol. The Hall–Kier alpha value is -1.60. The Morgan fingerprint density at radius 2 is 2.25 bits per heavy atom. The predicted molar refractivity (Wildman–Crippen MR) is 81.6 cm³/mol. The van der Waals surface area contributed by atoms with Gasteiger partial charge < -0.3 is 10.6 Å². The molecule has 20 heavy (non-hydrogen) atoms. The Bertz CT molecular complexity index is 518. The molecule has 2 atom stereocenters. The van der Waals surface area contributed by atoms with Crippen LogP contribution in [0.15, 0.2) is 6.07 Å². The first-order valence-electron chi connectivity index (χ1n) is 7.45. The summed E-state index contributed by atoms with van der Waals surface area (Å²) >= 11 is 0. The molecule has 2 unspecified atom stereocenters. The van der Waals surface area contributed by atoms with Crippen molar-refractivity contribution < 1.29 is 0 Å². The molecule has 0 aromatic carbocycles. The lowest BCUT2D eigenvalue weighted by Gasteiger charge is -2.40. The molecule has 1 aromatic heterocycles.